The molecule has 0 spiro atoms. The second-order valence-corrected chi connectivity index (χ2v) is 8.53. The number of aromatic amines is 2. The van der Waals surface area contributed by atoms with Crippen molar-refractivity contribution in [3.63, 3.8) is 0 Å². The third-order valence-corrected chi connectivity index (χ3v) is 6.15. The van der Waals surface area contributed by atoms with Crippen molar-refractivity contribution in [3.05, 3.63) is 68.5 Å². The summed E-state index contributed by atoms with van der Waals surface area (Å²) in [5.41, 5.74) is -0.151. The Labute approximate surface area is 187 Å². The highest BCUT2D eigenvalue weighted by atomic mass is 32.2. The number of carbonyl (C=O) groups excluding carboxylic acids is 1. The largest absolute Gasteiger partial charge is 0.342 e. The number of hydrogen-bond donors (Lipinski definition) is 2. The van der Waals surface area contributed by atoms with Crippen LogP contribution in [0.1, 0.15) is 37.2 Å². The number of halogens is 1. The predicted molar refractivity (Wildman–Crippen MR) is 118 cm³/mol. The first-order valence-electron chi connectivity index (χ1n) is 10.4. The van der Waals surface area contributed by atoms with E-state index < -0.39 is 11.2 Å². The second kappa shape index (κ2) is 9.94. The molecule has 4 rings (SSSR count). The Morgan fingerprint density at radius 2 is 1.75 bits per heavy atom. The van der Waals surface area contributed by atoms with Crippen molar-refractivity contribution in [2.45, 2.75) is 37.3 Å². The summed E-state index contributed by atoms with van der Waals surface area (Å²) in [7, 11) is 0. The van der Waals surface area contributed by atoms with Crippen molar-refractivity contribution < 1.29 is 9.18 Å². The van der Waals surface area contributed by atoms with Gasteiger partial charge in [0.2, 0.25) is 5.91 Å². The number of likely N-dealkylation sites (tertiary alicyclic amines) is 1. The van der Waals surface area contributed by atoms with Crippen molar-refractivity contribution >= 4 is 17.7 Å². The van der Waals surface area contributed by atoms with Gasteiger partial charge < -0.3 is 9.88 Å². The van der Waals surface area contributed by atoms with Crippen LogP contribution >= 0.6 is 11.8 Å². The van der Waals surface area contributed by atoms with Gasteiger partial charge in [0.1, 0.15) is 11.6 Å². The summed E-state index contributed by atoms with van der Waals surface area (Å²) in [5, 5.41) is 8.91. The molecule has 1 aliphatic heterocycles. The van der Waals surface area contributed by atoms with Crippen LogP contribution in [-0.2, 0) is 11.2 Å². The van der Waals surface area contributed by atoms with Gasteiger partial charge in [-0.15, -0.1) is 10.2 Å². The highest BCUT2D eigenvalue weighted by Gasteiger charge is 2.20. The average molecular weight is 459 g/mol. The topological polar surface area (TPSA) is 117 Å². The average Bonchev–Trinajstić information content (AvgIpc) is 2.96. The van der Waals surface area contributed by atoms with Crippen molar-refractivity contribution in [3.8, 4) is 5.69 Å². The smallest absolute Gasteiger partial charge is 0.325 e. The second-order valence-electron chi connectivity index (χ2n) is 7.58. The molecule has 1 fully saturated rings. The molecule has 0 aliphatic carbocycles. The Bertz CT molecular complexity index is 1170. The molecule has 0 radical (unpaired) electrons. The van der Waals surface area contributed by atoms with Gasteiger partial charge in [-0.1, -0.05) is 24.6 Å². The first-order valence-corrected chi connectivity index (χ1v) is 11.4. The van der Waals surface area contributed by atoms with E-state index in [0.717, 1.165) is 38.8 Å². The van der Waals surface area contributed by atoms with Crippen LogP contribution in [0.15, 0.2) is 45.1 Å². The fourth-order valence-corrected chi connectivity index (χ4v) is 4.55. The molecule has 3 aromatic rings. The van der Waals surface area contributed by atoms with E-state index in [1.54, 1.807) is 16.7 Å². The third kappa shape index (κ3) is 5.34. The monoisotopic (exact) mass is 458 g/mol. The maximum atomic E-state index is 13.5. The quantitative estimate of drug-likeness (QED) is 0.545. The summed E-state index contributed by atoms with van der Waals surface area (Å²) < 4.78 is 15.2. The molecule has 0 unspecified atom stereocenters. The lowest BCUT2D eigenvalue weighted by molar-refractivity contribution is -0.128. The minimum Gasteiger partial charge on any atom is -0.342 e. The molecule has 2 aromatic heterocycles. The van der Waals surface area contributed by atoms with Crippen LogP contribution in [0, 0.1) is 5.82 Å². The number of carbonyl (C=O) groups is 1. The number of H-pyrrole nitrogens is 2. The highest BCUT2D eigenvalue weighted by molar-refractivity contribution is 7.99. The first-order chi connectivity index (χ1) is 15.5. The molecule has 11 heteroatoms. The predicted octanol–water partition coefficient (Wildman–Crippen LogP) is 1.87. The van der Waals surface area contributed by atoms with Crippen molar-refractivity contribution in [2.24, 2.45) is 0 Å². The summed E-state index contributed by atoms with van der Waals surface area (Å²) >= 11 is 1.26. The van der Waals surface area contributed by atoms with Gasteiger partial charge in [-0.3, -0.25) is 19.1 Å². The molecule has 3 heterocycles. The lowest BCUT2D eigenvalue weighted by atomic mass is 10.2. The number of rotatable bonds is 6. The van der Waals surface area contributed by atoms with E-state index in [4.69, 9.17) is 0 Å². The standard InChI is InChI=1S/C21H23FN6O3S/c22-14-5-7-16(8-6-14)28-17(11-15-12-18(29)24-20(31)23-15)25-26-21(28)32-13-19(30)27-9-3-1-2-4-10-27/h5-8,12H,1-4,9-11,13H2,(H2,23,24,29,31). The molecule has 2 N–H and O–H groups in total. The maximum absolute atomic E-state index is 13.5. The summed E-state index contributed by atoms with van der Waals surface area (Å²) in [5.74, 6) is 0.322. The van der Waals surface area contributed by atoms with Crippen LogP contribution in [0.25, 0.3) is 5.69 Å². The Morgan fingerprint density at radius 3 is 2.44 bits per heavy atom. The van der Waals surface area contributed by atoms with Crippen molar-refractivity contribution in [1.82, 2.24) is 29.6 Å². The number of thioether (sulfide) groups is 1. The molecule has 0 saturated carbocycles. The minimum absolute atomic E-state index is 0.0472. The summed E-state index contributed by atoms with van der Waals surface area (Å²) in [4.78, 5) is 42.6. The Morgan fingerprint density at radius 1 is 1.03 bits per heavy atom. The number of amides is 1. The summed E-state index contributed by atoms with van der Waals surface area (Å²) in [6.45, 7) is 1.54. The van der Waals surface area contributed by atoms with E-state index in [1.165, 1.54) is 30.0 Å². The van der Waals surface area contributed by atoms with Gasteiger partial charge >= 0.3 is 5.69 Å². The molecule has 9 nitrogen and oxygen atoms in total. The molecule has 0 bridgehead atoms. The zero-order valence-electron chi connectivity index (χ0n) is 17.3. The van der Waals surface area contributed by atoms with E-state index in [9.17, 15) is 18.8 Å². The number of aromatic nitrogens is 5. The highest BCUT2D eigenvalue weighted by Crippen LogP contribution is 2.24. The van der Waals surface area contributed by atoms with Crippen LogP contribution in [0.5, 0.6) is 0 Å². The van der Waals surface area contributed by atoms with E-state index in [0.29, 0.717) is 22.4 Å². The lowest BCUT2D eigenvalue weighted by Crippen LogP contribution is -2.33. The maximum Gasteiger partial charge on any atom is 0.325 e. The zero-order chi connectivity index (χ0) is 22.5. The van der Waals surface area contributed by atoms with E-state index in [1.807, 2.05) is 4.90 Å². The van der Waals surface area contributed by atoms with Gasteiger partial charge in [-0.05, 0) is 37.1 Å². The van der Waals surface area contributed by atoms with Crippen molar-refractivity contribution in [1.29, 1.82) is 0 Å². The lowest BCUT2D eigenvalue weighted by Gasteiger charge is -2.20. The molecular formula is C21H23FN6O3S. The molecular weight excluding hydrogens is 435 g/mol. The minimum atomic E-state index is -0.613. The summed E-state index contributed by atoms with van der Waals surface area (Å²) in [6.07, 6.45) is 4.44. The van der Waals surface area contributed by atoms with E-state index >= 15 is 0 Å². The van der Waals surface area contributed by atoms with Gasteiger partial charge in [0.05, 0.1) is 5.75 Å². The number of hydrogen-bond acceptors (Lipinski definition) is 6. The Kier molecular flexibility index (Phi) is 6.84. The SMILES string of the molecule is O=C(CSc1nnc(Cc2cc(=O)[nH]c(=O)[nH]2)n1-c1ccc(F)cc1)N1CCCCCC1. The van der Waals surface area contributed by atoms with Gasteiger partial charge in [-0.2, -0.15) is 0 Å². The normalized spacial score (nSPS) is 14.3. The number of benzene rings is 1. The fraction of sp³-hybridized carbons (Fsp3) is 0.381. The van der Waals surface area contributed by atoms with Crippen LogP contribution in [0.2, 0.25) is 0 Å². The first kappa shape index (κ1) is 22.0. The molecule has 1 saturated heterocycles. The summed E-state index contributed by atoms with van der Waals surface area (Å²) in [6, 6.07) is 7.10. The molecule has 0 atom stereocenters. The van der Waals surface area contributed by atoms with E-state index in [-0.39, 0.29) is 23.9 Å². The van der Waals surface area contributed by atoms with Crippen LogP contribution in [0.4, 0.5) is 4.39 Å². The van der Waals surface area contributed by atoms with Crippen LogP contribution < -0.4 is 11.2 Å². The fourth-order valence-electron chi connectivity index (χ4n) is 3.68. The molecule has 1 aliphatic rings. The van der Waals surface area contributed by atoms with Gasteiger partial charge in [0.25, 0.3) is 5.56 Å². The van der Waals surface area contributed by atoms with E-state index in [2.05, 4.69) is 20.2 Å². The van der Waals surface area contributed by atoms with Gasteiger partial charge in [0.15, 0.2) is 5.16 Å². The van der Waals surface area contributed by atoms with Gasteiger partial charge in [-0.25, -0.2) is 9.18 Å². The van der Waals surface area contributed by atoms with Crippen LogP contribution in [-0.4, -0.2) is 54.4 Å². The molecule has 168 valence electrons. The number of nitrogens with one attached hydrogen (secondary N) is 2. The Balaban J connectivity index is 1.60. The Hall–Kier alpha value is -3.21. The molecule has 32 heavy (non-hydrogen) atoms. The zero-order valence-corrected chi connectivity index (χ0v) is 18.2. The third-order valence-electron chi connectivity index (χ3n) is 5.23. The molecule has 1 aromatic carbocycles. The van der Waals surface area contributed by atoms with Gasteiger partial charge in [0, 0.05) is 37.0 Å². The van der Waals surface area contributed by atoms with Crippen molar-refractivity contribution in [2.75, 3.05) is 18.8 Å². The van der Waals surface area contributed by atoms with Crippen LogP contribution in [0.3, 0.4) is 0 Å². The number of nitrogens with zero attached hydrogens (tertiary/aromatic N) is 4. The molecule has 1 amide bonds.